The predicted molar refractivity (Wildman–Crippen MR) is 73.5 cm³/mol. The number of sulfonamides is 1. The van der Waals surface area contributed by atoms with E-state index in [1.807, 2.05) is 0 Å². The van der Waals surface area contributed by atoms with Crippen LogP contribution in [0.1, 0.15) is 10.8 Å². The van der Waals surface area contributed by atoms with Gasteiger partial charge in [0.05, 0.1) is 13.2 Å². The van der Waals surface area contributed by atoms with Crippen LogP contribution in [0.2, 0.25) is 5.15 Å². The third-order valence-electron chi connectivity index (χ3n) is 2.94. The number of hydrogen-bond acceptors (Lipinski definition) is 4. The molecule has 1 unspecified atom stereocenters. The van der Waals surface area contributed by atoms with Gasteiger partial charge >= 0.3 is 0 Å². The Bertz CT molecular complexity index is 539. The van der Waals surface area contributed by atoms with Gasteiger partial charge in [-0.25, -0.2) is 13.4 Å². The van der Waals surface area contributed by atoms with E-state index in [-0.39, 0.29) is 0 Å². The van der Waals surface area contributed by atoms with Gasteiger partial charge in [-0.2, -0.15) is 4.31 Å². The second kappa shape index (κ2) is 6.00. The molecule has 5 nitrogen and oxygen atoms in total. The second-order valence-corrected chi connectivity index (χ2v) is 6.57. The Hall–Kier alpha value is -0.950. The summed E-state index contributed by atoms with van der Waals surface area (Å²) in [5, 5.41) is -0.481. The number of morpholine rings is 1. The predicted octanol–water partition coefficient (Wildman–Crippen LogP) is 1.62. The first-order chi connectivity index (χ1) is 9.05. The maximum absolute atomic E-state index is 12.5. The summed E-state index contributed by atoms with van der Waals surface area (Å²) in [5.41, 5.74) is 0.561. The molecule has 0 spiro atoms. The van der Waals surface area contributed by atoms with Crippen molar-refractivity contribution in [2.24, 2.45) is 0 Å². The molecule has 0 saturated carbocycles. The van der Waals surface area contributed by atoms with Crippen molar-refractivity contribution in [1.82, 2.24) is 9.29 Å². The fraction of sp³-hybridized carbons (Fsp3) is 0.417. The lowest BCUT2D eigenvalue weighted by molar-refractivity contribution is 0.0728. The topological polar surface area (TPSA) is 59.5 Å². The van der Waals surface area contributed by atoms with E-state index in [1.54, 1.807) is 12.1 Å². The molecule has 0 bridgehead atoms. The molecule has 1 aromatic rings. The maximum atomic E-state index is 12.5. The van der Waals surface area contributed by atoms with E-state index in [1.165, 1.54) is 16.6 Å². The summed E-state index contributed by atoms with van der Waals surface area (Å²) in [6.07, 6.45) is 2.88. The lowest BCUT2D eigenvalue weighted by Gasteiger charge is -2.29. The molecule has 0 radical (unpaired) electrons. The fourth-order valence-electron chi connectivity index (χ4n) is 1.95. The van der Waals surface area contributed by atoms with Crippen LogP contribution in [0.5, 0.6) is 0 Å². The smallest absolute Gasteiger partial charge is 0.225 e. The fourth-order valence-corrected chi connectivity index (χ4v) is 3.76. The van der Waals surface area contributed by atoms with Gasteiger partial charge in [-0.05, 0) is 11.6 Å². The number of aromatic nitrogens is 1. The number of rotatable bonds is 4. The van der Waals surface area contributed by atoms with Gasteiger partial charge < -0.3 is 4.74 Å². The summed E-state index contributed by atoms with van der Waals surface area (Å²) in [7, 11) is -3.49. The summed E-state index contributed by atoms with van der Waals surface area (Å²) in [6.45, 7) is 5.20. The average Bonchev–Trinajstić information content (AvgIpc) is 2.42. The van der Waals surface area contributed by atoms with E-state index in [9.17, 15) is 8.42 Å². The van der Waals surface area contributed by atoms with Crippen LogP contribution in [-0.4, -0.2) is 44.0 Å². The first-order valence-electron chi connectivity index (χ1n) is 5.86. The Morgan fingerprint density at radius 3 is 2.63 bits per heavy atom. The molecule has 0 N–H and O–H groups in total. The lowest BCUT2D eigenvalue weighted by Crippen LogP contribution is -2.42. The Labute approximate surface area is 117 Å². The monoisotopic (exact) mass is 302 g/mol. The molecule has 19 heavy (non-hydrogen) atoms. The Balaban J connectivity index is 2.29. The summed E-state index contributed by atoms with van der Waals surface area (Å²) in [6, 6.07) is 3.22. The number of ether oxygens (including phenoxy) is 1. The van der Waals surface area contributed by atoms with Crippen molar-refractivity contribution in [1.29, 1.82) is 0 Å². The van der Waals surface area contributed by atoms with E-state index < -0.39 is 15.3 Å². The van der Waals surface area contributed by atoms with Crippen LogP contribution >= 0.6 is 11.6 Å². The summed E-state index contributed by atoms with van der Waals surface area (Å²) in [5.74, 6) is 0. The van der Waals surface area contributed by atoms with E-state index in [2.05, 4.69) is 11.6 Å². The number of pyridine rings is 1. The van der Waals surface area contributed by atoms with Gasteiger partial charge in [0, 0.05) is 19.3 Å². The van der Waals surface area contributed by atoms with E-state index in [4.69, 9.17) is 16.3 Å². The molecule has 7 heteroatoms. The molecule has 2 rings (SSSR count). The SMILES string of the molecule is C=CC(c1ccc(Cl)nc1)S(=O)(=O)N1CCOCC1. The van der Waals surface area contributed by atoms with Crippen LogP contribution in [0.3, 0.4) is 0 Å². The van der Waals surface area contributed by atoms with Crippen LogP contribution in [0, 0.1) is 0 Å². The van der Waals surface area contributed by atoms with Crippen molar-refractivity contribution in [3.8, 4) is 0 Å². The number of halogens is 1. The molecule has 104 valence electrons. The molecule has 1 aromatic heterocycles. The van der Waals surface area contributed by atoms with Crippen LogP contribution in [-0.2, 0) is 14.8 Å². The first kappa shape index (κ1) is 14.5. The zero-order chi connectivity index (χ0) is 13.9. The van der Waals surface area contributed by atoms with Gasteiger partial charge in [0.15, 0.2) is 0 Å². The molecule has 0 aromatic carbocycles. The van der Waals surface area contributed by atoms with Crippen molar-refractivity contribution in [3.05, 3.63) is 41.7 Å². The molecule has 0 amide bonds. The van der Waals surface area contributed by atoms with E-state index >= 15 is 0 Å². The highest BCUT2D eigenvalue weighted by atomic mass is 35.5. The van der Waals surface area contributed by atoms with Gasteiger partial charge in [-0.3, -0.25) is 0 Å². The third-order valence-corrected chi connectivity index (χ3v) is 5.36. The Morgan fingerprint density at radius 1 is 1.42 bits per heavy atom. The highest BCUT2D eigenvalue weighted by Crippen LogP contribution is 2.27. The van der Waals surface area contributed by atoms with Crippen molar-refractivity contribution >= 4 is 21.6 Å². The Morgan fingerprint density at radius 2 is 2.11 bits per heavy atom. The standard InChI is InChI=1S/C12H15ClN2O3S/c1-2-11(10-3-4-12(13)14-9-10)19(16,17)15-5-7-18-8-6-15/h2-4,9,11H,1,5-8H2. The quantitative estimate of drug-likeness (QED) is 0.626. The lowest BCUT2D eigenvalue weighted by atomic mass is 10.2. The molecule has 2 heterocycles. The van der Waals surface area contributed by atoms with Crippen molar-refractivity contribution < 1.29 is 13.2 Å². The minimum atomic E-state index is -3.49. The van der Waals surface area contributed by atoms with Gasteiger partial charge in [0.25, 0.3) is 0 Å². The summed E-state index contributed by atoms with van der Waals surface area (Å²) in [4.78, 5) is 3.92. The van der Waals surface area contributed by atoms with Gasteiger partial charge in [-0.15, -0.1) is 6.58 Å². The van der Waals surface area contributed by atoms with Gasteiger partial charge in [0.2, 0.25) is 10.0 Å². The normalized spacial score (nSPS) is 19.0. The molecule has 1 aliphatic rings. The highest BCUT2D eigenvalue weighted by Gasteiger charge is 2.32. The highest BCUT2D eigenvalue weighted by molar-refractivity contribution is 7.89. The average molecular weight is 303 g/mol. The van der Waals surface area contributed by atoms with Gasteiger partial charge in [-0.1, -0.05) is 23.7 Å². The molecule has 1 saturated heterocycles. The van der Waals surface area contributed by atoms with Gasteiger partial charge in [0.1, 0.15) is 10.4 Å². The largest absolute Gasteiger partial charge is 0.379 e. The summed E-state index contributed by atoms with van der Waals surface area (Å²) < 4.78 is 31.7. The van der Waals surface area contributed by atoms with Crippen LogP contribution in [0.4, 0.5) is 0 Å². The van der Waals surface area contributed by atoms with Crippen molar-refractivity contribution in [2.45, 2.75) is 5.25 Å². The molecule has 1 aliphatic heterocycles. The minimum Gasteiger partial charge on any atom is -0.379 e. The van der Waals surface area contributed by atoms with E-state index in [0.29, 0.717) is 37.0 Å². The summed E-state index contributed by atoms with van der Waals surface area (Å²) >= 11 is 5.71. The van der Waals surface area contributed by atoms with E-state index in [0.717, 1.165) is 0 Å². The van der Waals surface area contributed by atoms with Crippen LogP contribution in [0.25, 0.3) is 0 Å². The second-order valence-electron chi connectivity index (χ2n) is 4.13. The molecular weight excluding hydrogens is 288 g/mol. The van der Waals surface area contributed by atoms with Crippen molar-refractivity contribution in [2.75, 3.05) is 26.3 Å². The minimum absolute atomic E-state index is 0.329. The molecular formula is C12H15ClN2O3S. The van der Waals surface area contributed by atoms with Crippen LogP contribution in [0.15, 0.2) is 31.0 Å². The maximum Gasteiger partial charge on any atom is 0.225 e. The zero-order valence-corrected chi connectivity index (χ0v) is 11.9. The molecule has 1 fully saturated rings. The van der Waals surface area contributed by atoms with Crippen LogP contribution < -0.4 is 0 Å². The zero-order valence-electron chi connectivity index (χ0n) is 10.3. The molecule has 1 atom stereocenters. The van der Waals surface area contributed by atoms with Crippen molar-refractivity contribution in [3.63, 3.8) is 0 Å². The third kappa shape index (κ3) is 3.14. The Kier molecular flexibility index (Phi) is 4.57. The number of hydrogen-bond donors (Lipinski definition) is 0. The number of nitrogens with zero attached hydrogens (tertiary/aromatic N) is 2. The first-order valence-corrected chi connectivity index (χ1v) is 7.74. The molecule has 0 aliphatic carbocycles.